The minimum atomic E-state index is -0.577. The van der Waals surface area contributed by atoms with Gasteiger partial charge in [-0.05, 0) is 87.7 Å². The molecule has 32 heavy (non-hydrogen) atoms. The van der Waals surface area contributed by atoms with Gasteiger partial charge in [-0.25, -0.2) is 0 Å². The van der Waals surface area contributed by atoms with E-state index in [1.807, 2.05) is 26.0 Å². The third-order valence-corrected chi connectivity index (χ3v) is 8.59. The summed E-state index contributed by atoms with van der Waals surface area (Å²) in [4.78, 5) is 26.9. The Kier molecular flexibility index (Phi) is 6.37. The van der Waals surface area contributed by atoms with E-state index in [0.717, 1.165) is 19.3 Å². The topological polar surface area (TPSA) is 57.6 Å². The van der Waals surface area contributed by atoms with Gasteiger partial charge in [-0.1, -0.05) is 50.5 Å². The van der Waals surface area contributed by atoms with Gasteiger partial charge in [0.1, 0.15) is 0 Å². The molecule has 2 fully saturated rings. The van der Waals surface area contributed by atoms with Crippen molar-refractivity contribution in [1.29, 1.82) is 0 Å². The summed E-state index contributed by atoms with van der Waals surface area (Å²) in [5, 5.41) is 10.1. The van der Waals surface area contributed by atoms with Crippen LogP contribution in [0.15, 0.2) is 35.9 Å². The van der Waals surface area contributed by atoms with Crippen molar-refractivity contribution in [1.82, 2.24) is 4.90 Å². The van der Waals surface area contributed by atoms with Crippen molar-refractivity contribution in [2.75, 3.05) is 6.54 Å². The van der Waals surface area contributed by atoms with Gasteiger partial charge in [0.15, 0.2) is 0 Å². The van der Waals surface area contributed by atoms with Gasteiger partial charge in [-0.15, -0.1) is 0 Å². The van der Waals surface area contributed by atoms with Gasteiger partial charge >= 0.3 is 0 Å². The fourth-order valence-electron chi connectivity index (χ4n) is 6.93. The standard InChI is InChI=1S/C28H39NO3/c1-19(9-7-16-27(2,3)32)23-13-14-24-20(10-8-17-28(23,24)4)15-18-29-25(30)21-11-5-6-12-22(21)26(29)31/h5-6,11-12,15,19,23-24,32H,7-10,13-14,16-18H2,1-4H3/b20-15+/t19-,23-,24+,28-/m1/s1. The molecule has 0 spiro atoms. The molecule has 0 bridgehead atoms. The van der Waals surface area contributed by atoms with Crippen molar-refractivity contribution in [3.05, 3.63) is 47.0 Å². The summed E-state index contributed by atoms with van der Waals surface area (Å²) >= 11 is 0. The molecular formula is C28H39NO3. The maximum atomic E-state index is 12.7. The molecule has 0 aromatic heterocycles. The SMILES string of the molecule is C[C@H](CCCC(C)(C)O)[C@H]1CC[C@H]2/C(=C/CN3C(=O)c4ccccc4C3=O)CCC[C@]12C. The highest BCUT2D eigenvalue weighted by Crippen LogP contribution is 2.59. The summed E-state index contributed by atoms with van der Waals surface area (Å²) in [6, 6.07) is 7.14. The van der Waals surface area contributed by atoms with E-state index in [0.29, 0.717) is 40.8 Å². The number of imide groups is 1. The number of benzene rings is 1. The molecule has 0 unspecified atom stereocenters. The number of hydrogen-bond acceptors (Lipinski definition) is 3. The third-order valence-electron chi connectivity index (χ3n) is 8.59. The molecule has 0 radical (unpaired) electrons. The van der Waals surface area contributed by atoms with Gasteiger partial charge in [-0.3, -0.25) is 14.5 Å². The molecule has 1 aromatic rings. The number of fused-ring (bicyclic) bond motifs is 2. The van der Waals surface area contributed by atoms with E-state index in [-0.39, 0.29) is 11.8 Å². The number of hydrogen-bond donors (Lipinski definition) is 1. The van der Waals surface area contributed by atoms with Crippen LogP contribution in [-0.4, -0.2) is 34.0 Å². The summed E-state index contributed by atoms with van der Waals surface area (Å²) in [5.74, 6) is 1.60. The zero-order valence-corrected chi connectivity index (χ0v) is 20.2. The molecule has 1 N–H and O–H groups in total. The molecule has 1 heterocycles. The Balaban J connectivity index is 1.43. The zero-order valence-electron chi connectivity index (χ0n) is 20.2. The maximum Gasteiger partial charge on any atom is 0.261 e. The molecule has 0 saturated heterocycles. The first-order valence-corrected chi connectivity index (χ1v) is 12.5. The Labute approximate surface area is 193 Å². The van der Waals surface area contributed by atoms with Crippen molar-refractivity contribution < 1.29 is 14.7 Å². The van der Waals surface area contributed by atoms with Crippen LogP contribution in [0.25, 0.3) is 0 Å². The Morgan fingerprint density at radius 2 is 1.84 bits per heavy atom. The lowest BCUT2D eigenvalue weighted by atomic mass is 9.60. The molecule has 4 rings (SSSR count). The van der Waals surface area contributed by atoms with Gasteiger partial charge in [0.2, 0.25) is 0 Å². The summed E-state index contributed by atoms with van der Waals surface area (Å²) in [6.07, 6.45) is 11.3. The molecule has 1 aromatic carbocycles. The second-order valence-electron chi connectivity index (χ2n) is 11.3. The van der Waals surface area contributed by atoms with Gasteiger partial charge in [0.25, 0.3) is 11.8 Å². The molecule has 2 saturated carbocycles. The summed E-state index contributed by atoms with van der Waals surface area (Å²) in [6.45, 7) is 9.07. The van der Waals surface area contributed by atoms with Gasteiger partial charge in [0.05, 0.1) is 16.7 Å². The maximum absolute atomic E-state index is 12.7. The quantitative estimate of drug-likeness (QED) is 0.420. The van der Waals surface area contributed by atoms with Crippen LogP contribution in [0.2, 0.25) is 0 Å². The van der Waals surface area contributed by atoms with E-state index in [2.05, 4.69) is 19.9 Å². The summed E-state index contributed by atoms with van der Waals surface area (Å²) < 4.78 is 0. The number of rotatable bonds is 7. The van der Waals surface area contributed by atoms with E-state index in [9.17, 15) is 14.7 Å². The first kappa shape index (κ1) is 23.2. The first-order chi connectivity index (χ1) is 15.1. The summed E-state index contributed by atoms with van der Waals surface area (Å²) in [5.41, 5.74) is 2.25. The average Bonchev–Trinajstić information content (AvgIpc) is 3.21. The van der Waals surface area contributed by atoms with Crippen LogP contribution in [-0.2, 0) is 0 Å². The van der Waals surface area contributed by atoms with Crippen LogP contribution >= 0.6 is 0 Å². The fourth-order valence-corrected chi connectivity index (χ4v) is 6.93. The zero-order chi connectivity index (χ0) is 23.1. The van der Waals surface area contributed by atoms with E-state index in [4.69, 9.17) is 0 Å². The van der Waals surface area contributed by atoms with Crippen LogP contribution in [0.3, 0.4) is 0 Å². The lowest BCUT2D eigenvalue weighted by molar-refractivity contribution is 0.0596. The van der Waals surface area contributed by atoms with E-state index in [1.54, 1.807) is 12.1 Å². The van der Waals surface area contributed by atoms with Crippen molar-refractivity contribution >= 4 is 11.8 Å². The van der Waals surface area contributed by atoms with E-state index < -0.39 is 5.60 Å². The average molecular weight is 438 g/mol. The second kappa shape index (κ2) is 8.78. The predicted octanol–water partition coefficient (Wildman–Crippen LogP) is 6.00. The Bertz CT molecular complexity index is 876. The van der Waals surface area contributed by atoms with Gasteiger partial charge in [-0.2, -0.15) is 0 Å². The molecule has 174 valence electrons. The number of carbonyl (C=O) groups excluding carboxylic acids is 2. The van der Waals surface area contributed by atoms with Crippen LogP contribution in [0, 0.1) is 23.2 Å². The first-order valence-electron chi connectivity index (χ1n) is 12.5. The van der Waals surface area contributed by atoms with E-state index in [1.165, 1.54) is 42.6 Å². The van der Waals surface area contributed by atoms with Crippen molar-refractivity contribution in [3.63, 3.8) is 0 Å². The number of allylic oxidation sites excluding steroid dienone is 1. The minimum absolute atomic E-state index is 0.161. The highest BCUT2D eigenvalue weighted by atomic mass is 16.3. The smallest absolute Gasteiger partial charge is 0.261 e. The highest BCUT2D eigenvalue weighted by molar-refractivity contribution is 6.21. The van der Waals surface area contributed by atoms with Crippen LogP contribution < -0.4 is 0 Å². The molecule has 1 aliphatic heterocycles. The summed E-state index contributed by atoms with van der Waals surface area (Å²) in [7, 11) is 0. The van der Waals surface area contributed by atoms with Gasteiger partial charge in [0, 0.05) is 6.54 Å². The minimum Gasteiger partial charge on any atom is -0.390 e. The number of nitrogens with zero attached hydrogens (tertiary/aromatic N) is 1. The Hall–Kier alpha value is -1.94. The molecule has 4 heteroatoms. The Morgan fingerprint density at radius 3 is 2.47 bits per heavy atom. The molecule has 2 aliphatic carbocycles. The lowest BCUT2D eigenvalue weighted by Crippen LogP contribution is -2.36. The predicted molar refractivity (Wildman–Crippen MR) is 127 cm³/mol. The molecule has 4 nitrogen and oxygen atoms in total. The number of amides is 2. The highest BCUT2D eigenvalue weighted by Gasteiger charge is 2.50. The number of carbonyl (C=O) groups is 2. The fraction of sp³-hybridized carbons (Fsp3) is 0.643. The number of aliphatic hydroxyl groups is 1. The van der Waals surface area contributed by atoms with Crippen molar-refractivity contribution in [2.24, 2.45) is 23.2 Å². The van der Waals surface area contributed by atoms with E-state index >= 15 is 0 Å². The van der Waals surface area contributed by atoms with Crippen LogP contribution in [0.1, 0.15) is 99.8 Å². The van der Waals surface area contributed by atoms with Crippen molar-refractivity contribution in [3.8, 4) is 0 Å². The lowest BCUT2D eigenvalue weighted by Gasteiger charge is -2.44. The molecule has 3 aliphatic rings. The second-order valence-corrected chi connectivity index (χ2v) is 11.3. The monoisotopic (exact) mass is 437 g/mol. The van der Waals surface area contributed by atoms with Crippen molar-refractivity contribution in [2.45, 2.75) is 84.7 Å². The molecule has 2 amide bonds. The third kappa shape index (κ3) is 4.31. The van der Waals surface area contributed by atoms with Crippen LogP contribution in [0.5, 0.6) is 0 Å². The molecule has 4 atom stereocenters. The normalized spacial score (nSPS) is 30.0. The molecular weight excluding hydrogens is 398 g/mol. The largest absolute Gasteiger partial charge is 0.390 e. The Morgan fingerprint density at radius 1 is 1.19 bits per heavy atom. The van der Waals surface area contributed by atoms with Crippen LogP contribution in [0.4, 0.5) is 0 Å². The van der Waals surface area contributed by atoms with Gasteiger partial charge < -0.3 is 5.11 Å².